The van der Waals surface area contributed by atoms with Gasteiger partial charge in [0.2, 0.25) is 0 Å². The summed E-state index contributed by atoms with van der Waals surface area (Å²) in [6.45, 7) is 2.15. The summed E-state index contributed by atoms with van der Waals surface area (Å²) >= 11 is 0. The van der Waals surface area contributed by atoms with Crippen molar-refractivity contribution in [3.8, 4) is 0 Å². The molecule has 0 saturated carbocycles. The van der Waals surface area contributed by atoms with Gasteiger partial charge in [-0.1, -0.05) is 26.2 Å². The van der Waals surface area contributed by atoms with E-state index in [-0.39, 0.29) is 12.4 Å². The van der Waals surface area contributed by atoms with Gasteiger partial charge in [0.25, 0.3) is 0 Å². The molecule has 0 radical (unpaired) electrons. The van der Waals surface area contributed by atoms with Crippen LogP contribution in [0, 0.1) is 0 Å². The van der Waals surface area contributed by atoms with Gasteiger partial charge in [0.05, 0.1) is 7.11 Å². The summed E-state index contributed by atoms with van der Waals surface area (Å²) in [5.74, 6) is 1.65. The lowest BCUT2D eigenvalue weighted by Crippen LogP contribution is -2.00. The lowest BCUT2D eigenvalue weighted by atomic mass is 10.0. The van der Waals surface area contributed by atoms with Crippen molar-refractivity contribution in [2.75, 3.05) is 7.11 Å². The molecule has 15 heavy (non-hydrogen) atoms. The number of allylic oxidation sites excluding steroid dienone is 1. The van der Waals surface area contributed by atoms with E-state index in [1.54, 1.807) is 0 Å². The molecule has 0 N–H and O–H groups in total. The highest BCUT2D eigenvalue weighted by Crippen LogP contribution is 2.12. The molecule has 0 atom stereocenters. The Bertz CT molecular complexity index is 227. The van der Waals surface area contributed by atoms with Crippen LogP contribution in [0.1, 0.15) is 51.9 Å². The van der Waals surface area contributed by atoms with Crippen molar-refractivity contribution in [3.63, 3.8) is 0 Å². The Morgan fingerprint density at radius 2 is 1.87 bits per heavy atom. The summed E-state index contributed by atoms with van der Waals surface area (Å²) in [6, 6.07) is 0. The highest BCUT2D eigenvalue weighted by molar-refractivity contribution is 5.70. The van der Waals surface area contributed by atoms with E-state index in [1.165, 1.54) is 20.0 Å². The number of hydrogen-bond donors (Lipinski definition) is 0. The van der Waals surface area contributed by atoms with E-state index in [0.29, 0.717) is 12.0 Å². The number of carbonyl (C=O) groups is 1. The van der Waals surface area contributed by atoms with E-state index < -0.39 is 0 Å². The van der Waals surface area contributed by atoms with Gasteiger partial charge < -0.3 is 4.74 Å². The van der Waals surface area contributed by atoms with Gasteiger partial charge in [-0.3, -0.25) is 4.79 Å². The minimum atomic E-state index is -0.267. The van der Waals surface area contributed by atoms with Gasteiger partial charge in [0, 0.05) is 12.0 Å². The molecule has 0 aliphatic heterocycles. The highest BCUT2D eigenvalue weighted by atomic mass is 16.5. The second-order valence-electron chi connectivity index (χ2n) is 3.59. The molecule has 86 valence electrons. The Balaban J connectivity index is 3.66. The molecule has 0 rings (SSSR count). The van der Waals surface area contributed by atoms with Gasteiger partial charge in [-0.05, 0) is 19.3 Å². The number of ether oxygens (including phenoxy) is 1. The van der Waals surface area contributed by atoms with E-state index in [4.69, 9.17) is 0 Å². The summed E-state index contributed by atoms with van der Waals surface area (Å²) < 4.78 is 4.51. The van der Waals surface area contributed by atoms with Crippen molar-refractivity contribution in [1.82, 2.24) is 0 Å². The number of methoxy groups -OCH3 is 1. The molecule has 0 spiro atoms. The fourth-order valence-corrected chi connectivity index (χ4v) is 1.35. The SMILES string of the molecule is CCCCCCC(=C=O)CCC(=O)OC. The lowest BCUT2D eigenvalue weighted by molar-refractivity contribution is -0.140. The van der Waals surface area contributed by atoms with Crippen LogP contribution < -0.4 is 0 Å². The predicted octanol–water partition coefficient (Wildman–Crippen LogP) is 2.67. The molecular weight excluding hydrogens is 192 g/mol. The first kappa shape index (κ1) is 13.9. The largest absolute Gasteiger partial charge is 0.469 e. The van der Waals surface area contributed by atoms with Crippen LogP contribution in [0.5, 0.6) is 0 Å². The van der Waals surface area contributed by atoms with Gasteiger partial charge in [-0.15, -0.1) is 0 Å². The van der Waals surface area contributed by atoms with Crippen LogP contribution in [0.4, 0.5) is 0 Å². The molecule has 3 nitrogen and oxygen atoms in total. The maximum Gasteiger partial charge on any atom is 0.305 e. The quantitative estimate of drug-likeness (QED) is 0.353. The zero-order valence-electron chi connectivity index (χ0n) is 9.67. The smallest absolute Gasteiger partial charge is 0.305 e. The van der Waals surface area contributed by atoms with Gasteiger partial charge in [-0.2, -0.15) is 0 Å². The number of esters is 1. The lowest BCUT2D eigenvalue weighted by Gasteiger charge is -2.02. The van der Waals surface area contributed by atoms with Crippen LogP contribution in [0.25, 0.3) is 0 Å². The van der Waals surface area contributed by atoms with Gasteiger partial charge >= 0.3 is 5.97 Å². The van der Waals surface area contributed by atoms with Crippen LogP contribution in [0.2, 0.25) is 0 Å². The molecule has 0 aromatic rings. The normalized spacial score (nSPS) is 9.47. The summed E-state index contributed by atoms with van der Waals surface area (Å²) in [5.41, 5.74) is 0.705. The van der Waals surface area contributed by atoms with E-state index in [2.05, 4.69) is 11.7 Å². The Morgan fingerprint density at radius 1 is 1.13 bits per heavy atom. The molecule has 0 aliphatic rings. The van der Waals surface area contributed by atoms with Crippen molar-refractivity contribution in [2.24, 2.45) is 0 Å². The number of hydrogen-bond acceptors (Lipinski definition) is 3. The molecule has 0 bridgehead atoms. The second kappa shape index (κ2) is 9.47. The Kier molecular flexibility index (Phi) is 8.79. The Hall–Kier alpha value is -1.08. The van der Waals surface area contributed by atoms with E-state index in [9.17, 15) is 9.59 Å². The van der Waals surface area contributed by atoms with Crippen molar-refractivity contribution in [1.29, 1.82) is 0 Å². The van der Waals surface area contributed by atoms with Crippen molar-refractivity contribution in [3.05, 3.63) is 5.57 Å². The molecular formula is C12H20O3. The average molecular weight is 212 g/mol. The fraction of sp³-hybridized carbons (Fsp3) is 0.750. The summed E-state index contributed by atoms with van der Waals surface area (Å²) in [5, 5.41) is 0. The molecule has 0 amide bonds. The van der Waals surface area contributed by atoms with Gasteiger partial charge in [0.1, 0.15) is 5.94 Å². The Labute approximate surface area is 91.5 Å². The Morgan fingerprint density at radius 3 is 2.40 bits per heavy atom. The highest BCUT2D eigenvalue weighted by Gasteiger charge is 2.04. The molecule has 0 unspecified atom stereocenters. The topological polar surface area (TPSA) is 43.4 Å². The van der Waals surface area contributed by atoms with E-state index >= 15 is 0 Å². The number of unbranched alkanes of at least 4 members (excludes halogenated alkanes) is 3. The summed E-state index contributed by atoms with van der Waals surface area (Å²) in [7, 11) is 1.36. The zero-order chi connectivity index (χ0) is 11.5. The first-order valence-corrected chi connectivity index (χ1v) is 5.54. The molecule has 0 heterocycles. The number of carbonyl (C=O) groups excluding carboxylic acids is 2. The van der Waals surface area contributed by atoms with Crippen LogP contribution in [-0.4, -0.2) is 19.0 Å². The van der Waals surface area contributed by atoms with Gasteiger partial charge in [0.15, 0.2) is 0 Å². The van der Waals surface area contributed by atoms with E-state index in [1.807, 2.05) is 5.94 Å². The third-order valence-corrected chi connectivity index (χ3v) is 2.34. The van der Waals surface area contributed by atoms with Crippen LogP contribution in [0.3, 0.4) is 0 Å². The predicted molar refractivity (Wildman–Crippen MR) is 59.2 cm³/mol. The molecule has 0 aromatic heterocycles. The summed E-state index contributed by atoms with van der Waals surface area (Å²) in [6.07, 6.45) is 6.07. The first-order valence-electron chi connectivity index (χ1n) is 5.54. The molecule has 3 heteroatoms. The minimum absolute atomic E-state index is 0.267. The maximum absolute atomic E-state index is 10.8. The first-order chi connectivity index (χ1) is 7.24. The molecule has 0 aromatic carbocycles. The third kappa shape index (κ3) is 7.95. The zero-order valence-corrected chi connectivity index (χ0v) is 9.67. The van der Waals surface area contributed by atoms with Crippen molar-refractivity contribution >= 4 is 11.9 Å². The standard InChI is InChI=1S/C12H20O3/c1-3-4-5-6-7-11(10-13)8-9-12(14)15-2/h3-9H2,1-2H3. The monoisotopic (exact) mass is 212 g/mol. The second-order valence-corrected chi connectivity index (χ2v) is 3.59. The van der Waals surface area contributed by atoms with E-state index in [0.717, 1.165) is 19.3 Å². The molecule has 0 fully saturated rings. The van der Waals surface area contributed by atoms with Crippen molar-refractivity contribution in [2.45, 2.75) is 51.9 Å². The van der Waals surface area contributed by atoms with Crippen LogP contribution >= 0.6 is 0 Å². The van der Waals surface area contributed by atoms with Crippen LogP contribution in [0.15, 0.2) is 5.57 Å². The maximum atomic E-state index is 10.8. The minimum Gasteiger partial charge on any atom is -0.469 e. The van der Waals surface area contributed by atoms with Crippen molar-refractivity contribution < 1.29 is 14.3 Å². The molecule has 0 aliphatic carbocycles. The third-order valence-electron chi connectivity index (χ3n) is 2.34. The van der Waals surface area contributed by atoms with Gasteiger partial charge in [-0.25, -0.2) is 4.79 Å². The average Bonchev–Trinajstić information content (AvgIpc) is 2.27. The van der Waals surface area contributed by atoms with Crippen LogP contribution in [-0.2, 0) is 14.3 Å². The fourth-order valence-electron chi connectivity index (χ4n) is 1.35. The molecule has 0 saturated heterocycles. The summed E-state index contributed by atoms with van der Waals surface area (Å²) in [4.78, 5) is 21.4. The number of rotatable bonds is 8.